The van der Waals surface area contributed by atoms with Gasteiger partial charge in [-0.05, 0) is 38.1 Å². The fourth-order valence-corrected chi connectivity index (χ4v) is 3.45. The topological polar surface area (TPSA) is 174 Å². The average Bonchev–Trinajstić information content (AvgIpc) is 3.34. The molecule has 12 heteroatoms. The molecule has 1 aromatic heterocycles. The number of aliphatic carboxylic acids is 3. The summed E-state index contributed by atoms with van der Waals surface area (Å²) in [5, 5.41) is 33.8. The van der Waals surface area contributed by atoms with Gasteiger partial charge in [-0.2, -0.15) is 0 Å². The number of carboxylic acid groups (broad SMARTS) is 3. The number of aromatic nitrogens is 2. The molecule has 0 bridgehead atoms. The third-order valence-corrected chi connectivity index (χ3v) is 5.29. The van der Waals surface area contributed by atoms with Crippen LogP contribution in [0.5, 0.6) is 5.75 Å². The van der Waals surface area contributed by atoms with Crippen LogP contribution in [0.1, 0.15) is 31.4 Å². The molecule has 1 aliphatic heterocycles. The second-order valence-corrected chi connectivity index (χ2v) is 8.42. The minimum absolute atomic E-state index is 0.671. The number of para-hydroxylation sites is 1. The molecule has 12 nitrogen and oxygen atoms in total. The van der Waals surface area contributed by atoms with Crippen LogP contribution in [-0.4, -0.2) is 92.1 Å². The first-order valence-corrected chi connectivity index (χ1v) is 11.4. The molecule has 0 atom stereocenters. The first kappa shape index (κ1) is 28.5. The lowest BCUT2D eigenvalue weighted by molar-refractivity contribution is -0.170. The standard InChI is InChI=1S/C18H24N4O.C6H8O7/c1-21(13-14-23-17-7-3-2-4-8-17)15-16-9-10-19-18(20-16)22-11-5-6-12-22;7-3(8)1-6(13,5(11)12)2-4(9)10/h2-4,7-10H,5-6,11-15H2,1H3;13H,1-2H2,(H,7,8)(H,9,10)(H,11,12). The van der Waals surface area contributed by atoms with Crippen LogP contribution >= 0.6 is 0 Å². The van der Waals surface area contributed by atoms with Gasteiger partial charge in [0.25, 0.3) is 0 Å². The van der Waals surface area contributed by atoms with Crippen LogP contribution in [0.2, 0.25) is 0 Å². The van der Waals surface area contributed by atoms with Gasteiger partial charge in [0.15, 0.2) is 5.60 Å². The Bertz CT molecular complexity index is 983. The summed E-state index contributed by atoms with van der Waals surface area (Å²) in [5.74, 6) is -3.23. The molecular formula is C24H32N4O8. The van der Waals surface area contributed by atoms with E-state index in [0.29, 0.717) is 6.61 Å². The molecule has 1 saturated heterocycles. The summed E-state index contributed by atoms with van der Waals surface area (Å²) in [6.07, 6.45) is 2.06. The fraction of sp³-hybridized carbons (Fsp3) is 0.458. The quantitative estimate of drug-likeness (QED) is 0.327. The number of ether oxygens (including phenoxy) is 1. The van der Waals surface area contributed by atoms with Gasteiger partial charge in [0.1, 0.15) is 12.4 Å². The number of anilines is 1. The number of likely N-dealkylation sites (N-methyl/N-ethyl adjacent to an activating group) is 1. The maximum atomic E-state index is 10.3. The van der Waals surface area contributed by atoms with Crippen molar-refractivity contribution in [3.05, 3.63) is 48.3 Å². The van der Waals surface area contributed by atoms with E-state index < -0.39 is 36.4 Å². The lowest BCUT2D eigenvalue weighted by atomic mass is 9.96. The van der Waals surface area contributed by atoms with Crippen molar-refractivity contribution >= 4 is 23.9 Å². The third-order valence-electron chi connectivity index (χ3n) is 5.29. The number of nitrogens with zero attached hydrogens (tertiary/aromatic N) is 4. The number of benzene rings is 1. The van der Waals surface area contributed by atoms with E-state index in [1.165, 1.54) is 12.8 Å². The van der Waals surface area contributed by atoms with Gasteiger partial charge < -0.3 is 30.1 Å². The molecule has 1 aliphatic rings. The van der Waals surface area contributed by atoms with Gasteiger partial charge >= 0.3 is 17.9 Å². The van der Waals surface area contributed by atoms with Crippen LogP contribution in [-0.2, 0) is 20.9 Å². The van der Waals surface area contributed by atoms with Crippen LogP contribution in [0.15, 0.2) is 42.6 Å². The zero-order valence-corrected chi connectivity index (χ0v) is 20.1. The minimum Gasteiger partial charge on any atom is -0.492 e. The molecule has 1 aromatic carbocycles. The number of rotatable bonds is 12. The maximum absolute atomic E-state index is 10.3. The van der Waals surface area contributed by atoms with E-state index >= 15 is 0 Å². The summed E-state index contributed by atoms with van der Waals surface area (Å²) in [5.41, 5.74) is -1.68. The van der Waals surface area contributed by atoms with Crippen molar-refractivity contribution in [1.29, 1.82) is 0 Å². The lowest BCUT2D eigenvalue weighted by Gasteiger charge is -2.19. The molecule has 196 valence electrons. The Balaban J connectivity index is 0.000000302. The molecule has 0 aliphatic carbocycles. The highest BCUT2D eigenvalue weighted by molar-refractivity contribution is 5.88. The van der Waals surface area contributed by atoms with Crippen molar-refractivity contribution in [2.75, 3.05) is 38.2 Å². The minimum atomic E-state index is -2.74. The molecule has 1 fully saturated rings. The van der Waals surface area contributed by atoms with Gasteiger partial charge in [-0.3, -0.25) is 14.5 Å². The normalized spacial score (nSPS) is 13.1. The van der Waals surface area contributed by atoms with Crippen LogP contribution < -0.4 is 9.64 Å². The van der Waals surface area contributed by atoms with Crippen molar-refractivity contribution in [3.63, 3.8) is 0 Å². The fourth-order valence-electron chi connectivity index (χ4n) is 3.45. The largest absolute Gasteiger partial charge is 0.492 e. The molecular weight excluding hydrogens is 472 g/mol. The molecule has 0 unspecified atom stereocenters. The van der Waals surface area contributed by atoms with E-state index in [4.69, 9.17) is 30.1 Å². The van der Waals surface area contributed by atoms with Crippen LogP contribution in [0.25, 0.3) is 0 Å². The molecule has 2 heterocycles. The molecule has 36 heavy (non-hydrogen) atoms. The monoisotopic (exact) mass is 504 g/mol. The summed E-state index contributed by atoms with van der Waals surface area (Å²) in [6.45, 7) is 4.48. The van der Waals surface area contributed by atoms with Gasteiger partial charge in [0, 0.05) is 32.4 Å². The molecule has 4 N–H and O–H groups in total. The summed E-state index contributed by atoms with van der Waals surface area (Å²) in [4.78, 5) is 44.1. The predicted octanol–water partition coefficient (Wildman–Crippen LogP) is 1.34. The molecule has 0 radical (unpaired) electrons. The Hall–Kier alpha value is -3.77. The Morgan fingerprint density at radius 3 is 2.19 bits per heavy atom. The molecule has 2 aromatic rings. The van der Waals surface area contributed by atoms with Crippen LogP contribution in [0.3, 0.4) is 0 Å². The second kappa shape index (κ2) is 14.0. The number of aliphatic hydroxyl groups is 1. The first-order chi connectivity index (χ1) is 17.1. The van der Waals surface area contributed by atoms with E-state index in [2.05, 4.69) is 21.8 Å². The van der Waals surface area contributed by atoms with Gasteiger partial charge in [-0.1, -0.05) is 18.2 Å². The highest BCUT2D eigenvalue weighted by Crippen LogP contribution is 2.16. The maximum Gasteiger partial charge on any atom is 0.336 e. The Morgan fingerprint density at radius 2 is 1.64 bits per heavy atom. The van der Waals surface area contributed by atoms with Crippen molar-refractivity contribution < 1.29 is 39.5 Å². The summed E-state index contributed by atoms with van der Waals surface area (Å²) < 4.78 is 5.74. The summed E-state index contributed by atoms with van der Waals surface area (Å²) >= 11 is 0. The van der Waals surface area contributed by atoms with E-state index in [1.54, 1.807) is 0 Å². The summed E-state index contributed by atoms with van der Waals surface area (Å²) in [7, 11) is 2.09. The van der Waals surface area contributed by atoms with Gasteiger partial charge in [0.05, 0.1) is 18.5 Å². The Morgan fingerprint density at radius 1 is 1.03 bits per heavy atom. The molecule has 0 spiro atoms. The summed E-state index contributed by atoms with van der Waals surface area (Å²) in [6, 6.07) is 11.9. The predicted molar refractivity (Wildman–Crippen MR) is 129 cm³/mol. The number of carboxylic acids is 3. The highest BCUT2D eigenvalue weighted by atomic mass is 16.5. The third kappa shape index (κ3) is 9.84. The highest BCUT2D eigenvalue weighted by Gasteiger charge is 2.40. The van der Waals surface area contributed by atoms with Crippen LogP contribution in [0, 0.1) is 0 Å². The first-order valence-electron chi connectivity index (χ1n) is 11.4. The average molecular weight is 505 g/mol. The SMILES string of the molecule is CN(CCOc1ccccc1)Cc1ccnc(N2CCCC2)n1.O=C(O)CC(O)(CC(=O)O)C(=O)O. The molecule has 0 saturated carbocycles. The van der Waals surface area contributed by atoms with Crippen molar-refractivity contribution in [2.45, 2.75) is 37.8 Å². The molecule has 0 amide bonds. The van der Waals surface area contributed by atoms with Gasteiger partial charge in [-0.25, -0.2) is 14.8 Å². The van der Waals surface area contributed by atoms with E-state index in [1.807, 2.05) is 42.6 Å². The number of hydrogen-bond donors (Lipinski definition) is 4. The van der Waals surface area contributed by atoms with Crippen molar-refractivity contribution in [3.8, 4) is 5.75 Å². The van der Waals surface area contributed by atoms with Crippen LogP contribution in [0.4, 0.5) is 5.95 Å². The Labute approximate surface area is 208 Å². The number of carbonyl (C=O) groups is 3. The van der Waals surface area contributed by atoms with Crippen molar-refractivity contribution in [2.24, 2.45) is 0 Å². The van der Waals surface area contributed by atoms with E-state index in [9.17, 15) is 14.4 Å². The van der Waals surface area contributed by atoms with E-state index in [0.717, 1.165) is 43.6 Å². The number of hydrogen-bond acceptors (Lipinski definition) is 9. The smallest absolute Gasteiger partial charge is 0.336 e. The zero-order chi connectivity index (χ0) is 26.6. The second-order valence-electron chi connectivity index (χ2n) is 8.42. The van der Waals surface area contributed by atoms with E-state index in [-0.39, 0.29) is 0 Å². The van der Waals surface area contributed by atoms with Gasteiger partial charge in [-0.15, -0.1) is 0 Å². The van der Waals surface area contributed by atoms with Gasteiger partial charge in [0.2, 0.25) is 5.95 Å². The molecule has 3 rings (SSSR count). The van der Waals surface area contributed by atoms with Crippen molar-refractivity contribution in [1.82, 2.24) is 14.9 Å². The Kier molecular flexibility index (Phi) is 11.0. The lowest BCUT2D eigenvalue weighted by Crippen LogP contribution is -2.42. The zero-order valence-electron chi connectivity index (χ0n) is 20.1.